The number of hydrogen-bond donors (Lipinski definition) is 1. The van der Waals surface area contributed by atoms with Crippen molar-refractivity contribution in [1.82, 2.24) is 0 Å². The highest BCUT2D eigenvalue weighted by Gasteiger charge is 2.17. The van der Waals surface area contributed by atoms with Crippen molar-refractivity contribution in [3.05, 3.63) is 87.9 Å². The molecule has 0 aliphatic rings. The smallest absolute Gasteiger partial charge is 0.343 e. The van der Waals surface area contributed by atoms with E-state index in [1.807, 2.05) is 0 Å². The molecule has 0 atom stereocenters. The van der Waals surface area contributed by atoms with Crippen molar-refractivity contribution < 1.29 is 24.2 Å². The summed E-state index contributed by atoms with van der Waals surface area (Å²) < 4.78 is 10.3. The molecule has 7 heteroatoms. The molecule has 0 fully saturated rings. The van der Waals surface area contributed by atoms with Crippen LogP contribution < -0.4 is 9.47 Å². The third-order valence-electron chi connectivity index (χ3n) is 3.53. The lowest BCUT2D eigenvalue weighted by atomic mass is 10.2. The molecule has 0 aliphatic heterocycles. The van der Waals surface area contributed by atoms with Crippen LogP contribution in [-0.4, -0.2) is 17.0 Å². The van der Waals surface area contributed by atoms with Crippen LogP contribution in [0.3, 0.4) is 0 Å². The molecule has 0 spiro atoms. The summed E-state index contributed by atoms with van der Waals surface area (Å²) in [5.41, 5.74) is 0.504. The Morgan fingerprint density at radius 2 is 1.04 bits per heavy atom. The van der Waals surface area contributed by atoms with Crippen LogP contribution in [0.25, 0.3) is 0 Å². The Morgan fingerprint density at radius 1 is 0.667 bits per heavy atom. The normalized spacial score (nSPS) is 10.3. The second-order valence-corrected chi connectivity index (χ2v) is 6.27. The number of phenols is 1. The summed E-state index contributed by atoms with van der Waals surface area (Å²) in [6.45, 7) is 0. The number of carbonyl (C=O) groups excluding carboxylic acids is 2. The van der Waals surface area contributed by atoms with Gasteiger partial charge in [0.15, 0.2) is 11.5 Å². The molecule has 3 aromatic carbocycles. The van der Waals surface area contributed by atoms with Gasteiger partial charge < -0.3 is 14.6 Å². The Bertz CT molecular complexity index is 905. The van der Waals surface area contributed by atoms with E-state index in [1.165, 1.54) is 42.5 Å². The van der Waals surface area contributed by atoms with Crippen LogP contribution in [0.2, 0.25) is 10.0 Å². The summed E-state index contributed by atoms with van der Waals surface area (Å²) in [6, 6.07) is 16.4. The van der Waals surface area contributed by atoms with E-state index in [2.05, 4.69) is 0 Å². The molecule has 27 heavy (non-hydrogen) atoms. The van der Waals surface area contributed by atoms with E-state index in [4.69, 9.17) is 32.7 Å². The number of aromatic hydroxyl groups is 1. The molecule has 136 valence electrons. The maximum absolute atomic E-state index is 12.2. The average Bonchev–Trinajstić information content (AvgIpc) is 2.66. The third-order valence-corrected chi connectivity index (χ3v) is 4.03. The van der Waals surface area contributed by atoms with Gasteiger partial charge in [-0.3, -0.25) is 0 Å². The molecule has 5 nitrogen and oxygen atoms in total. The molecule has 0 amide bonds. The van der Waals surface area contributed by atoms with Crippen LogP contribution in [-0.2, 0) is 0 Å². The van der Waals surface area contributed by atoms with E-state index in [1.54, 1.807) is 24.3 Å². The molecule has 0 unspecified atom stereocenters. The number of phenolic OH excluding ortho intramolecular Hbond substituents is 1. The van der Waals surface area contributed by atoms with Crippen LogP contribution >= 0.6 is 23.2 Å². The molecule has 0 saturated carbocycles. The maximum atomic E-state index is 12.2. The zero-order valence-corrected chi connectivity index (χ0v) is 15.2. The minimum Gasteiger partial charge on any atom is -0.502 e. The first kappa shape index (κ1) is 18.8. The molecule has 3 rings (SSSR count). The first-order valence-electron chi connectivity index (χ1n) is 7.71. The Labute approximate surface area is 164 Å². The first-order valence-corrected chi connectivity index (χ1v) is 8.47. The zero-order chi connectivity index (χ0) is 19.4. The fraction of sp³-hybridized carbons (Fsp3) is 0. The largest absolute Gasteiger partial charge is 0.502 e. The van der Waals surface area contributed by atoms with Crippen molar-refractivity contribution in [1.29, 1.82) is 0 Å². The molecule has 0 aliphatic carbocycles. The standard InChI is InChI=1S/C20H12Cl2O5/c21-14-8-4-12(5-9-14)19(24)26-16-2-1-3-17(18(16)23)27-20(25)13-6-10-15(22)11-7-13/h1-11,23H. The second-order valence-electron chi connectivity index (χ2n) is 5.40. The number of hydrogen-bond acceptors (Lipinski definition) is 5. The van der Waals surface area contributed by atoms with Gasteiger partial charge in [-0.15, -0.1) is 0 Å². The molecule has 1 N–H and O–H groups in total. The number of benzene rings is 3. The predicted octanol–water partition coefficient (Wildman–Crippen LogP) is 5.14. The molecule has 0 aromatic heterocycles. The molecule has 0 radical (unpaired) electrons. The number of rotatable bonds is 4. The van der Waals surface area contributed by atoms with Gasteiger partial charge in [-0.2, -0.15) is 0 Å². The van der Waals surface area contributed by atoms with Crippen LogP contribution in [0.15, 0.2) is 66.7 Å². The number of esters is 2. The van der Waals surface area contributed by atoms with Crippen LogP contribution in [0.4, 0.5) is 0 Å². The van der Waals surface area contributed by atoms with Gasteiger partial charge in [-0.25, -0.2) is 9.59 Å². The lowest BCUT2D eigenvalue weighted by molar-refractivity contribution is 0.0722. The topological polar surface area (TPSA) is 72.8 Å². The van der Waals surface area contributed by atoms with E-state index in [9.17, 15) is 14.7 Å². The fourth-order valence-corrected chi connectivity index (χ4v) is 2.41. The molecule has 3 aromatic rings. The molecule has 0 bridgehead atoms. The summed E-state index contributed by atoms with van der Waals surface area (Å²) in [5, 5.41) is 11.2. The minimum atomic E-state index is -0.692. The molecule has 0 saturated heterocycles. The van der Waals surface area contributed by atoms with E-state index in [0.29, 0.717) is 10.0 Å². The Balaban J connectivity index is 1.77. The van der Waals surface area contributed by atoms with Gasteiger partial charge >= 0.3 is 11.9 Å². The van der Waals surface area contributed by atoms with E-state index in [0.717, 1.165) is 0 Å². The summed E-state index contributed by atoms with van der Waals surface area (Å²) in [6.07, 6.45) is 0. The van der Waals surface area contributed by atoms with Crippen molar-refractivity contribution in [3.8, 4) is 17.2 Å². The Morgan fingerprint density at radius 3 is 1.41 bits per heavy atom. The lowest BCUT2D eigenvalue weighted by Crippen LogP contribution is -2.10. The van der Waals surface area contributed by atoms with Gasteiger partial charge in [0.05, 0.1) is 11.1 Å². The number of halogens is 2. The summed E-state index contributed by atoms with van der Waals surface area (Å²) >= 11 is 11.6. The van der Waals surface area contributed by atoms with E-state index >= 15 is 0 Å². The highest BCUT2D eigenvalue weighted by atomic mass is 35.5. The predicted molar refractivity (Wildman–Crippen MR) is 101 cm³/mol. The molecular formula is C20H12Cl2O5. The third kappa shape index (κ3) is 4.58. The minimum absolute atomic E-state index is 0.142. The van der Waals surface area contributed by atoms with Crippen LogP contribution in [0, 0.1) is 0 Å². The fourth-order valence-electron chi connectivity index (χ4n) is 2.16. The van der Waals surface area contributed by atoms with Crippen molar-refractivity contribution in [2.45, 2.75) is 0 Å². The summed E-state index contributed by atoms with van der Waals surface area (Å²) in [7, 11) is 0. The number of para-hydroxylation sites is 1. The summed E-state index contributed by atoms with van der Waals surface area (Å²) in [5.74, 6) is -2.14. The summed E-state index contributed by atoms with van der Waals surface area (Å²) in [4.78, 5) is 24.3. The van der Waals surface area contributed by atoms with Gasteiger partial charge in [0.25, 0.3) is 0 Å². The van der Waals surface area contributed by atoms with Gasteiger partial charge in [0.2, 0.25) is 5.75 Å². The van der Waals surface area contributed by atoms with Gasteiger partial charge in [0, 0.05) is 10.0 Å². The van der Waals surface area contributed by atoms with E-state index < -0.39 is 17.7 Å². The van der Waals surface area contributed by atoms with Crippen LogP contribution in [0.5, 0.6) is 17.2 Å². The zero-order valence-electron chi connectivity index (χ0n) is 13.7. The van der Waals surface area contributed by atoms with Crippen molar-refractivity contribution in [3.63, 3.8) is 0 Å². The monoisotopic (exact) mass is 402 g/mol. The van der Waals surface area contributed by atoms with Gasteiger partial charge in [-0.05, 0) is 60.7 Å². The first-order chi connectivity index (χ1) is 12.9. The quantitative estimate of drug-likeness (QED) is 0.483. The van der Waals surface area contributed by atoms with E-state index in [-0.39, 0.29) is 22.6 Å². The number of ether oxygens (including phenoxy) is 2. The maximum Gasteiger partial charge on any atom is 0.343 e. The second kappa shape index (κ2) is 8.12. The Hall–Kier alpha value is -3.02. The van der Waals surface area contributed by atoms with Crippen LogP contribution in [0.1, 0.15) is 20.7 Å². The van der Waals surface area contributed by atoms with Gasteiger partial charge in [-0.1, -0.05) is 29.3 Å². The van der Waals surface area contributed by atoms with Crippen molar-refractivity contribution in [2.75, 3.05) is 0 Å². The van der Waals surface area contributed by atoms with Gasteiger partial charge in [0.1, 0.15) is 0 Å². The number of carbonyl (C=O) groups is 2. The van der Waals surface area contributed by atoms with Crippen molar-refractivity contribution in [2.24, 2.45) is 0 Å². The molecule has 0 heterocycles. The highest BCUT2D eigenvalue weighted by molar-refractivity contribution is 6.31. The average molecular weight is 403 g/mol. The highest BCUT2D eigenvalue weighted by Crippen LogP contribution is 2.36. The molecular weight excluding hydrogens is 391 g/mol. The SMILES string of the molecule is O=C(Oc1cccc(OC(=O)c2ccc(Cl)cc2)c1O)c1ccc(Cl)cc1. The van der Waals surface area contributed by atoms with Crippen molar-refractivity contribution >= 4 is 35.1 Å². The Kier molecular flexibility index (Phi) is 5.64. The lowest BCUT2D eigenvalue weighted by Gasteiger charge is -2.10.